The second-order valence-electron chi connectivity index (χ2n) is 8.77. The van der Waals surface area contributed by atoms with Gasteiger partial charge in [0.05, 0.1) is 6.61 Å². The van der Waals surface area contributed by atoms with Gasteiger partial charge in [0, 0.05) is 31.6 Å². The number of nitrogens with zero attached hydrogens (tertiary/aromatic N) is 3. The molecule has 3 aliphatic heterocycles. The maximum absolute atomic E-state index is 14.7. The molecule has 8 heteroatoms. The molecule has 6 rings (SSSR count). The predicted molar refractivity (Wildman–Crippen MR) is 107 cm³/mol. The Bertz CT molecular complexity index is 1070. The summed E-state index contributed by atoms with van der Waals surface area (Å²) >= 11 is 0. The fourth-order valence-electron chi connectivity index (χ4n) is 4.83. The third-order valence-corrected chi connectivity index (χ3v) is 6.68. The van der Waals surface area contributed by atoms with Gasteiger partial charge in [0.1, 0.15) is 18.0 Å². The van der Waals surface area contributed by atoms with Crippen LogP contribution >= 0.6 is 0 Å². The topological polar surface area (TPSA) is 65.8 Å². The summed E-state index contributed by atoms with van der Waals surface area (Å²) in [7, 11) is 0. The molecule has 2 fully saturated rings. The summed E-state index contributed by atoms with van der Waals surface area (Å²) in [5, 5.41) is 0. The third kappa shape index (κ3) is 3.00. The molecule has 0 bridgehead atoms. The van der Waals surface area contributed by atoms with Crippen molar-refractivity contribution >= 4 is 5.82 Å². The summed E-state index contributed by atoms with van der Waals surface area (Å²) in [4.78, 5) is 18.8. The van der Waals surface area contributed by atoms with E-state index in [1.807, 2.05) is 6.07 Å². The van der Waals surface area contributed by atoms with Gasteiger partial charge in [0.2, 0.25) is 5.88 Å². The summed E-state index contributed by atoms with van der Waals surface area (Å²) in [6.45, 7) is 2.24. The minimum Gasteiger partial charge on any atom is -0.489 e. The molecule has 158 valence electrons. The smallest absolute Gasteiger partial charge is 0.352 e. The first kappa shape index (κ1) is 18.0. The first-order valence-corrected chi connectivity index (χ1v) is 10.8. The van der Waals surface area contributed by atoms with E-state index in [-0.39, 0.29) is 29.5 Å². The van der Waals surface area contributed by atoms with Crippen molar-refractivity contribution in [1.82, 2.24) is 9.55 Å². The van der Waals surface area contributed by atoms with E-state index in [0.717, 1.165) is 44.5 Å². The van der Waals surface area contributed by atoms with E-state index < -0.39 is 5.82 Å². The van der Waals surface area contributed by atoms with Crippen molar-refractivity contribution in [2.45, 2.75) is 63.3 Å². The number of benzene rings is 1. The van der Waals surface area contributed by atoms with E-state index in [1.54, 1.807) is 10.6 Å². The lowest BCUT2D eigenvalue weighted by atomic mass is 10.0. The first-order chi connectivity index (χ1) is 14.6. The van der Waals surface area contributed by atoms with Crippen molar-refractivity contribution in [1.29, 1.82) is 0 Å². The second kappa shape index (κ2) is 6.62. The van der Waals surface area contributed by atoms with Crippen LogP contribution in [0.3, 0.4) is 0 Å². The molecule has 1 unspecified atom stereocenters. The van der Waals surface area contributed by atoms with E-state index in [9.17, 15) is 9.18 Å². The largest absolute Gasteiger partial charge is 0.489 e. The van der Waals surface area contributed by atoms with E-state index in [4.69, 9.17) is 14.2 Å². The van der Waals surface area contributed by atoms with Crippen molar-refractivity contribution in [2.24, 2.45) is 0 Å². The summed E-state index contributed by atoms with van der Waals surface area (Å²) in [5.74, 6) is 1.29. The van der Waals surface area contributed by atoms with Gasteiger partial charge >= 0.3 is 5.69 Å². The quantitative estimate of drug-likeness (QED) is 0.771. The number of fused-ring (bicyclic) bond motifs is 4. The lowest BCUT2D eigenvalue weighted by Gasteiger charge is -2.30. The number of hydrogen-bond acceptors (Lipinski definition) is 6. The normalized spacial score (nSPS) is 23.0. The molecule has 1 aliphatic carbocycles. The monoisotopic (exact) mass is 413 g/mol. The zero-order valence-corrected chi connectivity index (χ0v) is 16.7. The van der Waals surface area contributed by atoms with Crippen LogP contribution in [0.1, 0.15) is 44.1 Å². The van der Waals surface area contributed by atoms with Crippen LogP contribution in [-0.4, -0.2) is 34.3 Å². The van der Waals surface area contributed by atoms with Crippen LogP contribution in [0.15, 0.2) is 23.0 Å². The van der Waals surface area contributed by atoms with Gasteiger partial charge in [-0.3, -0.25) is 4.57 Å². The molecular weight excluding hydrogens is 389 g/mol. The minimum absolute atomic E-state index is 0.0953. The van der Waals surface area contributed by atoms with Crippen molar-refractivity contribution < 1.29 is 18.6 Å². The van der Waals surface area contributed by atoms with Crippen LogP contribution in [0.2, 0.25) is 0 Å². The predicted octanol–water partition coefficient (Wildman–Crippen LogP) is 3.03. The third-order valence-electron chi connectivity index (χ3n) is 6.68. The van der Waals surface area contributed by atoms with E-state index in [2.05, 4.69) is 9.88 Å². The molecule has 4 heterocycles. The Hall–Kier alpha value is -2.77. The van der Waals surface area contributed by atoms with E-state index >= 15 is 0 Å². The van der Waals surface area contributed by atoms with E-state index in [0.29, 0.717) is 30.5 Å². The summed E-state index contributed by atoms with van der Waals surface area (Å²) < 4.78 is 33.9. The van der Waals surface area contributed by atoms with Crippen LogP contribution < -0.4 is 24.8 Å². The second-order valence-corrected chi connectivity index (χ2v) is 8.77. The number of rotatable bonds is 3. The Morgan fingerprint density at radius 2 is 2.13 bits per heavy atom. The minimum atomic E-state index is -0.447. The Labute approximate surface area is 173 Å². The van der Waals surface area contributed by atoms with Crippen LogP contribution in [-0.2, 0) is 13.2 Å². The summed E-state index contributed by atoms with van der Waals surface area (Å²) in [6, 6.07) is 5.35. The summed E-state index contributed by atoms with van der Waals surface area (Å²) in [5.41, 5.74) is 0.0729. The molecule has 30 heavy (non-hydrogen) atoms. The number of halogens is 1. The van der Waals surface area contributed by atoms with Gasteiger partial charge in [-0.25, -0.2) is 9.18 Å². The molecular formula is C22H24FN3O4. The SMILES string of the molecule is O=c1nc(OCc2cc(F)c3c(c2)OCCC2(CC2)O3)cc2n1CC1CCCCN21. The zero-order valence-electron chi connectivity index (χ0n) is 16.7. The number of hydrogen-bond donors (Lipinski definition) is 0. The lowest BCUT2D eigenvalue weighted by Crippen LogP contribution is -2.36. The van der Waals surface area contributed by atoms with Crippen molar-refractivity contribution in [3.63, 3.8) is 0 Å². The molecule has 1 saturated carbocycles. The van der Waals surface area contributed by atoms with Gasteiger partial charge in [-0.2, -0.15) is 4.98 Å². The molecule has 0 radical (unpaired) electrons. The highest BCUT2D eigenvalue weighted by molar-refractivity contribution is 5.48. The number of aromatic nitrogens is 2. The molecule has 2 aromatic rings. The Balaban J connectivity index is 1.23. The Morgan fingerprint density at radius 3 is 3.00 bits per heavy atom. The summed E-state index contributed by atoms with van der Waals surface area (Å²) in [6.07, 6.45) is 6.07. The highest BCUT2D eigenvalue weighted by atomic mass is 19.1. The molecule has 0 N–H and O–H groups in total. The van der Waals surface area contributed by atoms with Gasteiger partial charge in [-0.15, -0.1) is 0 Å². The van der Waals surface area contributed by atoms with Gasteiger partial charge in [0.15, 0.2) is 17.3 Å². The van der Waals surface area contributed by atoms with Gasteiger partial charge < -0.3 is 19.1 Å². The zero-order chi connectivity index (χ0) is 20.3. The highest BCUT2D eigenvalue weighted by Gasteiger charge is 2.47. The molecule has 1 aromatic carbocycles. The van der Waals surface area contributed by atoms with Crippen LogP contribution in [0.5, 0.6) is 17.4 Å². The number of ether oxygens (including phenoxy) is 3. The van der Waals surface area contributed by atoms with Gasteiger partial charge in [-0.1, -0.05) is 0 Å². The highest BCUT2D eigenvalue weighted by Crippen LogP contribution is 2.48. The molecule has 1 saturated heterocycles. The fourth-order valence-corrected chi connectivity index (χ4v) is 4.83. The number of piperidine rings is 1. The molecule has 1 atom stereocenters. The van der Waals surface area contributed by atoms with E-state index in [1.165, 1.54) is 12.5 Å². The maximum Gasteiger partial charge on any atom is 0.352 e. The standard InChI is InChI=1S/C22H24FN3O4/c23-16-9-14(10-17-20(16)30-22(4-5-22)6-8-28-17)13-29-18-11-19-25-7-2-1-3-15(25)12-26(19)21(27)24-18/h9-11,15H,1-8,12-13H2. The molecule has 0 amide bonds. The van der Waals surface area contributed by atoms with Crippen molar-refractivity contribution in [3.8, 4) is 17.4 Å². The van der Waals surface area contributed by atoms with Gasteiger partial charge in [0.25, 0.3) is 0 Å². The Kier molecular flexibility index (Phi) is 3.98. The number of anilines is 1. The fraction of sp³-hybridized carbons (Fsp3) is 0.545. The Morgan fingerprint density at radius 1 is 1.23 bits per heavy atom. The molecule has 7 nitrogen and oxygen atoms in total. The van der Waals surface area contributed by atoms with Crippen molar-refractivity contribution in [2.75, 3.05) is 18.1 Å². The molecule has 1 aromatic heterocycles. The average Bonchev–Trinajstić information content (AvgIpc) is 3.44. The lowest BCUT2D eigenvalue weighted by molar-refractivity contribution is 0.163. The molecule has 4 aliphatic rings. The maximum atomic E-state index is 14.7. The van der Waals surface area contributed by atoms with Crippen LogP contribution in [0.25, 0.3) is 0 Å². The van der Waals surface area contributed by atoms with Crippen LogP contribution in [0, 0.1) is 5.82 Å². The average molecular weight is 413 g/mol. The van der Waals surface area contributed by atoms with Gasteiger partial charge in [-0.05, 0) is 49.8 Å². The van der Waals surface area contributed by atoms with Crippen LogP contribution in [0.4, 0.5) is 10.2 Å². The molecule has 1 spiro atoms. The first-order valence-electron chi connectivity index (χ1n) is 10.8. The van der Waals surface area contributed by atoms with Crippen molar-refractivity contribution in [3.05, 3.63) is 40.1 Å².